The third kappa shape index (κ3) is 17.0. The van der Waals surface area contributed by atoms with Crippen molar-refractivity contribution in [3.8, 4) is 0 Å². The fourth-order valence-corrected chi connectivity index (χ4v) is 6.20. The number of amides is 4. The minimum atomic E-state index is -1.26. The molecular weight excluding hydrogens is 799 g/mol. The first kappa shape index (κ1) is 52.6. The zero-order valence-corrected chi connectivity index (χ0v) is 34.5. The molecule has 0 bridgehead atoms. The van der Waals surface area contributed by atoms with E-state index < -0.39 is 53.9 Å². The van der Waals surface area contributed by atoms with Gasteiger partial charge in [0.25, 0.3) is 5.91 Å². The average Bonchev–Trinajstić information content (AvgIpc) is 3.67. The summed E-state index contributed by atoms with van der Waals surface area (Å²) in [6, 6.07) is 13.0. The van der Waals surface area contributed by atoms with Crippen molar-refractivity contribution in [3.05, 3.63) is 96.3 Å². The molecule has 0 aliphatic rings. The summed E-state index contributed by atoms with van der Waals surface area (Å²) < 4.78 is 0. The van der Waals surface area contributed by atoms with Gasteiger partial charge in [-0.25, -0.2) is 4.98 Å². The van der Waals surface area contributed by atoms with E-state index >= 15 is 0 Å². The van der Waals surface area contributed by atoms with E-state index in [4.69, 9.17) is 5.73 Å². The molecule has 4 amide bonds. The Balaban J connectivity index is 0.00000784. The number of nitrogens with one attached hydrogen (secondary N) is 5. The lowest BCUT2D eigenvalue weighted by Gasteiger charge is -2.29. The third-order valence-corrected chi connectivity index (χ3v) is 8.97. The van der Waals surface area contributed by atoms with Crippen LogP contribution in [-0.4, -0.2) is 97.7 Å². The van der Waals surface area contributed by atoms with Crippen LogP contribution in [0.15, 0.2) is 79.5 Å². The van der Waals surface area contributed by atoms with Crippen molar-refractivity contribution in [2.24, 2.45) is 11.7 Å². The molecule has 2 aromatic carbocycles. The second kappa shape index (κ2) is 27.3. The molecular formula is C39H57Cl3N8O7. The first-order valence-corrected chi connectivity index (χ1v) is 18.1. The molecule has 0 aliphatic heterocycles. The molecule has 2 aromatic heterocycles. The lowest BCUT2D eigenvalue weighted by molar-refractivity contribution is -0.131. The van der Waals surface area contributed by atoms with Crippen molar-refractivity contribution in [2.45, 2.75) is 89.1 Å². The first-order chi connectivity index (χ1) is 25.6. The molecule has 2 heterocycles. The second-order valence-electron chi connectivity index (χ2n) is 13.7. The highest BCUT2D eigenvalue weighted by molar-refractivity contribution is 5.99. The van der Waals surface area contributed by atoms with Gasteiger partial charge in [-0.3, -0.25) is 24.2 Å². The van der Waals surface area contributed by atoms with E-state index in [0.717, 1.165) is 29.2 Å². The zero-order chi connectivity index (χ0) is 38.2. The van der Waals surface area contributed by atoms with Gasteiger partial charge in [-0.05, 0) is 60.2 Å². The maximum Gasteiger partial charge on any atom is 0.252 e. The van der Waals surface area contributed by atoms with Gasteiger partial charge in [-0.15, -0.1) is 37.2 Å². The van der Waals surface area contributed by atoms with Gasteiger partial charge < -0.3 is 47.7 Å². The van der Waals surface area contributed by atoms with Crippen LogP contribution >= 0.6 is 37.2 Å². The van der Waals surface area contributed by atoms with Gasteiger partial charge in [-0.2, -0.15) is 0 Å². The maximum absolute atomic E-state index is 14.2. The molecule has 0 radical (unpaired) electrons. The number of halogens is 3. The van der Waals surface area contributed by atoms with Gasteiger partial charge in [0.2, 0.25) is 17.7 Å². The van der Waals surface area contributed by atoms with Crippen molar-refractivity contribution < 1.29 is 34.9 Å². The molecule has 316 valence electrons. The number of H-pyrrole nitrogens is 1. The number of pyridine rings is 1. The standard InChI is InChI=1S/C39H52N8O6.3ClH.H2O/c1-25(2)18-32(35(49)21-36(50)44-29(23-48)11-5-6-15-40)45-39(53)34(20-30-22-42-24-43-30)47-38(52)33(46-37(51)27-13-16-41-17-14-27)19-28-10-7-9-26-8-3-4-12-31(26)28;;;;/h3-4,7-10,12-14,16-17,22,24-25,29,32-35,48-49H,5-6,11,15,18-21,23,40H2,1-2H3,(H,42,43)(H,44,50)(H,45,53)(H,46,51)(H,47,52);3*1H;1H2/t29-,32-,33-,34-,35-;;;;/m0..../s1. The highest BCUT2D eigenvalue weighted by atomic mass is 35.5. The molecule has 0 saturated carbocycles. The third-order valence-electron chi connectivity index (χ3n) is 8.97. The number of unbranched alkanes of at least 4 members (excludes halogenated alkanes) is 1. The molecule has 0 spiro atoms. The van der Waals surface area contributed by atoms with Crippen molar-refractivity contribution in [3.63, 3.8) is 0 Å². The summed E-state index contributed by atoms with van der Waals surface area (Å²) in [7, 11) is 0. The summed E-state index contributed by atoms with van der Waals surface area (Å²) in [5.74, 6) is -2.10. The Kier molecular flexibility index (Phi) is 25.2. The number of benzene rings is 2. The number of aliphatic hydroxyl groups excluding tert-OH is 2. The van der Waals surface area contributed by atoms with E-state index in [9.17, 15) is 29.4 Å². The molecule has 57 heavy (non-hydrogen) atoms. The molecule has 11 N–H and O–H groups in total. The lowest BCUT2D eigenvalue weighted by Crippen LogP contribution is -2.57. The molecule has 4 aromatic rings. The van der Waals surface area contributed by atoms with Crippen LogP contribution in [-0.2, 0) is 27.2 Å². The van der Waals surface area contributed by atoms with Gasteiger partial charge in [0.1, 0.15) is 12.1 Å². The number of hydrogen-bond acceptors (Lipinski definition) is 9. The zero-order valence-electron chi connectivity index (χ0n) is 32.1. The summed E-state index contributed by atoms with van der Waals surface area (Å²) in [5, 5.41) is 34.2. The van der Waals surface area contributed by atoms with Crippen LogP contribution in [0.1, 0.15) is 67.6 Å². The smallest absolute Gasteiger partial charge is 0.252 e. The Morgan fingerprint density at radius 1 is 0.842 bits per heavy atom. The van der Waals surface area contributed by atoms with Crippen LogP contribution in [0.4, 0.5) is 0 Å². The van der Waals surface area contributed by atoms with Crippen LogP contribution in [0.3, 0.4) is 0 Å². The van der Waals surface area contributed by atoms with Crippen molar-refractivity contribution in [1.29, 1.82) is 0 Å². The van der Waals surface area contributed by atoms with E-state index in [-0.39, 0.29) is 74.5 Å². The SMILES string of the molecule is CC(C)C[C@H](NC(=O)[C@H](Cc1c[nH]cn1)NC(=O)[C@H](Cc1cccc2ccccc12)NC(=O)c1ccncc1)[C@@H](O)CC(=O)N[C@H](CO)CCCCN.Cl.Cl.Cl.O. The number of hydrogen-bond donors (Lipinski definition) is 8. The van der Waals surface area contributed by atoms with Crippen molar-refractivity contribution >= 4 is 71.6 Å². The number of imidazole rings is 1. The normalized spacial score (nSPS) is 13.2. The van der Waals surface area contributed by atoms with Gasteiger partial charge in [0, 0.05) is 37.0 Å². The van der Waals surface area contributed by atoms with Crippen LogP contribution in [0.25, 0.3) is 10.8 Å². The predicted octanol–water partition coefficient (Wildman–Crippen LogP) is 2.36. The van der Waals surface area contributed by atoms with E-state index in [2.05, 4.69) is 36.2 Å². The minimum absolute atomic E-state index is 0. The summed E-state index contributed by atoms with van der Waals surface area (Å²) in [6.07, 6.45) is 6.99. The molecule has 4 rings (SSSR count). The summed E-state index contributed by atoms with van der Waals surface area (Å²) in [5.41, 5.74) is 7.21. The van der Waals surface area contributed by atoms with Gasteiger partial charge in [0.05, 0.1) is 43.2 Å². The molecule has 0 aliphatic carbocycles. The number of nitrogens with two attached hydrogens (primary N) is 1. The van der Waals surface area contributed by atoms with Crippen LogP contribution in [0.2, 0.25) is 0 Å². The molecule has 0 fully saturated rings. The Morgan fingerprint density at radius 2 is 1.51 bits per heavy atom. The van der Waals surface area contributed by atoms with E-state index in [1.54, 1.807) is 18.3 Å². The van der Waals surface area contributed by atoms with Crippen LogP contribution < -0.4 is 27.0 Å². The number of carbonyl (C=O) groups is 4. The molecule has 5 atom stereocenters. The Bertz CT molecular complexity index is 1770. The molecule has 0 saturated heterocycles. The number of rotatable bonds is 21. The Morgan fingerprint density at radius 3 is 2.16 bits per heavy atom. The van der Waals surface area contributed by atoms with Gasteiger partial charge in [0.15, 0.2) is 0 Å². The van der Waals surface area contributed by atoms with Crippen LogP contribution in [0.5, 0.6) is 0 Å². The number of aromatic nitrogens is 3. The van der Waals surface area contributed by atoms with Crippen molar-refractivity contribution in [1.82, 2.24) is 36.2 Å². The van der Waals surface area contributed by atoms with E-state index in [1.165, 1.54) is 18.7 Å². The Labute approximate surface area is 351 Å². The number of nitrogens with zero attached hydrogens (tertiary/aromatic N) is 2. The summed E-state index contributed by atoms with van der Waals surface area (Å²) in [4.78, 5) is 65.6. The fourth-order valence-electron chi connectivity index (χ4n) is 6.20. The number of fused-ring (bicyclic) bond motifs is 1. The van der Waals surface area contributed by atoms with Gasteiger partial charge >= 0.3 is 0 Å². The van der Waals surface area contributed by atoms with E-state index in [1.807, 2.05) is 56.3 Å². The number of carbonyl (C=O) groups excluding carboxylic acids is 4. The average molecular weight is 856 g/mol. The minimum Gasteiger partial charge on any atom is -0.412 e. The largest absolute Gasteiger partial charge is 0.412 e. The maximum atomic E-state index is 14.2. The number of aliphatic hydroxyl groups is 2. The molecule has 15 nitrogen and oxygen atoms in total. The fraction of sp³-hybridized carbons (Fsp3) is 0.436. The van der Waals surface area contributed by atoms with Gasteiger partial charge in [-0.1, -0.05) is 62.7 Å². The lowest BCUT2D eigenvalue weighted by atomic mass is 9.96. The van der Waals surface area contributed by atoms with Crippen molar-refractivity contribution in [2.75, 3.05) is 13.2 Å². The molecule has 18 heteroatoms. The first-order valence-electron chi connectivity index (χ1n) is 18.1. The molecule has 0 unspecified atom stereocenters. The van der Waals surface area contributed by atoms with Crippen LogP contribution in [0, 0.1) is 5.92 Å². The topological polar surface area (TPSA) is 256 Å². The predicted molar refractivity (Wildman–Crippen MR) is 227 cm³/mol. The monoisotopic (exact) mass is 854 g/mol. The summed E-state index contributed by atoms with van der Waals surface area (Å²) in [6.45, 7) is 4.11. The highest BCUT2D eigenvalue weighted by Crippen LogP contribution is 2.20. The summed E-state index contributed by atoms with van der Waals surface area (Å²) >= 11 is 0. The number of aromatic amines is 1. The Hall–Kier alpha value is -4.35. The second-order valence-corrected chi connectivity index (χ2v) is 13.7. The van der Waals surface area contributed by atoms with E-state index in [0.29, 0.717) is 30.6 Å². The highest BCUT2D eigenvalue weighted by Gasteiger charge is 2.32. The quantitative estimate of drug-likeness (QED) is 0.0572.